The summed E-state index contributed by atoms with van der Waals surface area (Å²) in [7, 11) is 0. The summed E-state index contributed by atoms with van der Waals surface area (Å²) in [6.45, 7) is 0.623. The van der Waals surface area contributed by atoms with Gasteiger partial charge in [-0.05, 0) is 49.2 Å². The molecule has 2 atom stereocenters. The second-order valence-corrected chi connectivity index (χ2v) is 8.21. The average Bonchev–Trinajstić information content (AvgIpc) is 3.22. The smallest absolute Gasteiger partial charge is 0.235 e. The molecular formula is C21H18BrN3O2. The first-order valence-corrected chi connectivity index (χ1v) is 9.83. The van der Waals surface area contributed by atoms with Crippen molar-refractivity contribution in [3.05, 3.63) is 64.3 Å². The lowest BCUT2D eigenvalue weighted by molar-refractivity contribution is -0.121. The fourth-order valence-electron chi connectivity index (χ4n) is 4.47. The van der Waals surface area contributed by atoms with Crippen LogP contribution in [0.25, 0.3) is 10.9 Å². The van der Waals surface area contributed by atoms with Gasteiger partial charge in [-0.2, -0.15) is 0 Å². The van der Waals surface area contributed by atoms with Gasteiger partial charge in [0.2, 0.25) is 5.91 Å². The Hall–Kier alpha value is -2.44. The van der Waals surface area contributed by atoms with Gasteiger partial charge in [0.05, 0.1) is 11.5 Å². The summed E-state index contributed by atoms with van der Waals surface area (Å²) in [5.74, 6) is 0.0246. The van der Waals surface area contributed by atoms with Crippen LogP contribution in [0.5, 0.6) is 0 Å². The van der Waals surface area contributed by atoms with Gasteiger partial charge in [0.1, 0.15) is 0 Å². The molecule has 2 aromatic carbocycles. The summed E-state index contributed by atoms with van der Waals surface area (Å²) in [4.78, 5) is 29.4. The zero-order chi connectivity index (χ0) is 18.6. The van der Waals surface area contributed by atoms with E-state index < -0.39 is 11.5 Å². The molecule has 3 heterocycles. The highest BCUT2D eigenvalue weighted by Crippen LogP contribution is 2.46. The summed E-state index contributed by atoms with van der Waals surface area (Å²) in [6, 6.07) is 13.2. The van der Waals surface area contributed by atoms with Crippen LogP contribution in [0.3, 0.4) is 0 Å². The number of nitrogens with one attached hydrogen (secondary N) is 3. The number of hydrogen-bond acceptors (Lipinski definition) is 3. The maximum atomic E-state index is 13.3. The number of Topliss-reactive ketones (excluding diaryl/α,β-unsaturated/α-hetero) is 1. The van der Waals surface area contributed by atoms with E-state index in [1.165, 1.54) is 0 Å². The highest BCUT2D eigenvalue weighted by atomic mass is 79.9. The molecule has 1 fully saturated rings. The predicted molar refractivity (Wildman–Crippen MR) is 108 cm³/mol. The van der Waals surface area contributed by atoms with Gasteiger partial charge in [-0.1, -0.05) is 34.1 Å². The van der Waals surface area contributed by atoms with E-state index in [9.17, 15) is 9.59 Å². The average molecular weight is 424 g/mol. The van der Waals surface area contributed by atoms with E-state index in [1.807, 2.05) is 42.5 Å². The van der Waals surface area contributed by atoms with Crippen LogP contribution >= 0.6 is 15.9 Å². The van der Waals surface area contributed by atoms with Crippen molar-refractivity contribution in [2.24, 2.45) is 0 Å². The highest BCUT2D eigenvalue weighted by Gasteiger charge is 2.50. The molecule has 1 spiro atoms. The monoisotopic (exact) mass is 423 g/mol. The van der Waals surface area contributed by atoms with E-state index >= 15 is 0 Å². The van der Waals surface area contributed by atoms with Crippen molar-refractivity contribution < 1.29 is 9.59 Å². The molecule has 27 heavy (non-hydrogen) atoms. The van der Waals surface area contributed by atoms with Crippen LogP contribution in [0.1, 0.15) is 28.8 Å². The minimum atomic E-state index is -0.656. The first kappa shape index (κ1) is 16.7. The molecule has 0 aliphatic carbocycles. The van der Waals surface area contributed by atoms with Crippen LogP contribution in [-0.4, -0.2) is 29.3 Å². The van der Waals surface area contributed by atoms with E-state index in [-0.39, 0.29) is 11.7 Å². The van der Waals surface area contributed by atoms with Gasteiger partial charge in [-0.15, -0.1) is 0 Å². The Kier molecular flexibility index (Phi) is 3.74. The number of piperidine rings is 1. The van der Waals surface area contributed by atoms with Crippen LogP contribution < -0.4 is 10.6 Å². The molecule has 2 aliphatic rings. The molecule has 2 aliphatic heterocycles. The van der Waals surface area contributed by atoms with Crippen molar-refractivity contribution in [3.8, 4) is 0 Å². The van der Waals surface area contributed by atoms with E-state index in [1.54, 1.807) is 6.20 Å². The second-order valence-electron chi connectivity index (χ2n) is 7.30. The number of benzene rings is 2. The number of rotatable bonds is 2. The third-order valence-corrected chi connectivity index (χ3v) is 6.34. The number of carbonyl (C=O) groups is 2. The summed E-state index contributed by atoms with van der Waals surface area (Å²) in [5.41, 5.74) is 2.80. The molecule has 5 rings (SSSR count). The molecule has 136 valence electrons. The molecule has 1 unspecified atom stereocenters. The van der Waals surface area contributed by atoms with Gasteiger partial charge in [0.25, 0.3) is 0 Å². The molecule has 0 saturated carbocycles. The fourth-order valence-corrected chi connectivity index (χ4v) is 4.83. The van der Waals surface area contributed by atoms with Gasteiger partial charge < -0.3 is 15.6 Å². The number of halogens is 1. The minimum Gasteiger partial charge on any atom is -0.360 e. The number of hydrogen-bond donors (Lipinski definition) is 3. The third-order valence-electron chi connectivity index (χ3n) is 5.85. The number of ketones is 1. The lowest BCUT2D eigenvalue weighted by atomic mass is 9.70. The number of para-hydroxylation sites is 1. The lowest BCUT2D eigenvalue weighted by Gasteiger charge is -2.36. The number of carbonyl (C=O) groups excluding carboxylic acids is 2. The largest absolute Gasteiger partial charge is 0.360 e. The van der Waals surface area contributed by atoms with Crippen molar-refractivity contribution in [3.63, 3.8) is 0 Å². The van der Waals surface area contributed by atoms with Crippen LogP contribution in [0.15, 0.2) is 53.1 Å². The Morgan fingerprint density at radius 3 is 2.93 bits per heavy atom. The summed E-state index contributed by atoms with van der Waals surface area (Å²) in [5, 5.41) is 7.26. The number of aromatic nitrogens is 1. The molecule has 1 amide bonds. The van der Waals surface area contributed by atoms with Crippen LogP contribution in [0.2, 0.25) is 0 Å². The van der Waals surface area contributed by atoms with Gasteiger partial charge >= 0.3 is 0 Å². The SMILES string of the molecule is O=C(c1c[nH]c2ccccc12)[C@H]1CC2(CCN1)C(=O)Nc1ccc(Br)cc12. The number of H-pyrrole nitrogens is 1. The number of fused-ring (bicyclic) bond motifs is 3. The molecule has 5 nitrogen and oxygen atoms in total. The highest BCUT2D eigenvalue weighted by molar-refractivity contribution is 9.10. The number of anilines is 1. The maximum Gasteiger partial charge on any atom is 0.235 e. The lowest BCUT2D eigenvalue weighted by Crippen LogP contribution is -2.52. The summed E-state index contributed by atoms with van der Waals surface area (Å²) < 4.78 is 0.940. The van der Waals surface area contributed by atoms with Crippen molar-refractivity contribution in [2.45, 2.75) is 24.3 Å². The fraction of sp³-hybridized carbons (Fsp3) is 0.238. The maximum absolute atomic E-state index is 13.3. The van der Waals surface area contributed by atoms with Gasteiger partial charge in [0.15, 0.2) is 5.78 Å². The van der Waals surface area contributed by atoms with Crippen molar-refractivity contribution in [2.75, 3.05) is 11.9 Å². The zero-order valence-electron chi connectivity index (χ0n) is 14.5. The van der Waals surface area contributed by atoms with E-state index in [2.05, 4.69) is 31.5 Å². The van der Waals surface area contributed by atoms with Gasteiger partial charge in [-0.3, -0.25) is 9.59 Å². The van der Waals surface area contributed by atoms with Crippen LogP contribution in [0, 0.1) is 0 Å². The molecule has 3 aromatic rings. The molecule has 1 saturated heterocycles. The number of amides is 1. The summed E-state index contributed by atoms with van der Waals surface area (Å²) in [6.07, 6.45) is 2.91. The van der Waals surface area contributed by atoms with Crippen LogP contribution in [-0.2, 0) is 10.2 Å². The Morgan fingerprint density at radius 2 is 2.04 bits per heavy atom. The first-order valence-electron chi connectivity index (χ1n) is 9.04. The van der Waals surface area contributed by atoms with E-state index in [4.69, 9.17) is 0 Å². The topological polar surface area (TPSA) is 74.0 Å². The molecule has 0 radical (unpaired) electrons. The standard InChI is InChI=1S/C21H18BrN3O2/c22-12-5-6-17-15(9-12)21(20(27)25-17)7-8-23-18(10-21)19(26)14-11-24-16-4-2-1-3-13(14)16/h1-6,9,11,18,23-24H,7-8,10H2,(H,25,27)/t18-,21?/m1/s1. The van der Waals surface area contributed by atoms with Gasteiger partial charge in [0, 0.05) is 32.8 Å². The van der Waals surface area contributed by atoms with Gasteiger partial charge in [-0.25, -0.2) is 0 Å². The Labute approximate surface area is 164 Å². The molecular weight excluding hydrogens is 406 g/mol. The van der Waals surface area contributed by atoms with Crippen molar-refractivity contribution >= 4 is 44.2 Å². The quantitative estimate of drug-likeness (QED) is 0.549. The third kappa shape index (κ3) is 2.47. The molecule has 6 heteroatoms. The van der Waals surface area contributed by atoms with E-state index in [0.29, 0.717) is 24.9 Å². The zero-order valence-corrected chi connectivity index (χ0v) is 16.1. The van der Waals surface area contributed by atoms with Crippen LogP contribution in [0.4, 0.5) is 5.69 Å². The number of aromatic amines is 1. The van der Waals surface area contributed by atoms with E-state index in [0.717, 1.165) is 26.6 Å². The van der Waals surface area contributed by atoms with Crippen molar-refractivity contribution in [1.82, 2.24) is 10.3 Å². The molecule has 0 bridgehead atoms. The Morgan fingerprint density at radius 1 is 1.19 bits per heavy atom. The molecule has 3 N–H and O–H groups in total. The minimum absolute atomic E-state index is 0.00572. The second kappa shape index (κ2) is 6.04. The Bertz CT molecular complexity index is 1090. The summed E-state index contributed by atoms with van der Waals surface area (Å²) >= 11 is 3.51. The first-order chi connectivity index (χ1) is 13.1. The van der Waals surface area contributed by atoms with Crippen molar-refractivity contribution in [1.29, 1.82) is 0 Å². The predicted octanol–water partition coefficient (Wildman–Crippen LogP) is 3.76. The molecule has 1 aromatic heterocycles. The Balaban J connectivity index is 1.53. The normalized spacial score (nSPS) is 24.2.